The number of piperidine rings is 1. The number of hydrogen-bond donors (Lipinski definition) is 1. The van der Waals surface area contributed by atoms with Crippen LogP contribution in [0.1, 0.15) is 48.8 Å². The number of ether oxygens (including phenoxy) is 1. The molecule has 0 unspecified atom stereocenters. The highest BCUT2D eigenvalue weighted by Crippen LogP contribution is 2.30. The number of aryl methyl sites for hydroxylation is 1. The maximum absolute atomic E-state index is 10.8. The van der Waals surface area contributed by atoms with Gasteiger partial charge in [-0.15, -0.1) is 0 Å². The van der Waals surface area contributed by atoms with E-state index in [1.54, 1.807) is 0 Å². The Morgan fingerprint density at radius 2 is 1.73 bits per heavy atom. The lowest BCUT2D eigenvalue weighted by Gasteiger charge is -2.31. The van der Waals surface area contributed by atoms with Gasteiger partial charge in [0.2, 0.25) is 0 Å². The van der Waals surface area contributed by atoms with Gasteiger partial charge in [0.05, 0.1) is 6.42 Å². The molecule has 0 aliphatic carbocycles. The molecule has 0 amide bonds. The maximum Gasteiger partial charge on any atom is 0.304 e. The number of rotatable bonds is 9. The van der Waals surface area contributed by atoms with Gasteiger partial charge in [-0.05, 0) is 78.2 Å². The van der Waals surface area contributed by atoms with Gasteiger partial charge in [-0.25, -0.2) is 0 Å². The van der Waals surface area contributed by atoms with Gasteiger partial charge < -0.3 is 14.7 Å². The molecular formula is C29H33NO3. The largest absolute Gasteiger partial charge is 0.489 e. The second-order valence-corrected chi connectivity index (χ2v) is 8.83. The number of likely N-dealkylation sites (tertiary alicyclic amines) is 1. The Balaban J connectivity index is 1.31. The molecule has 3 aromatic carbocycles. The number of carbonyl (C=O) groups is 1. The summed E-state index contributed by atoms with van der Waals surface area (Å²) in [5.74, 6) is 0.746. The Bertz CT molecular complexity index is 1040. The lowest BCUT2D eigenvalue weighted by atomic mass is 9.89. The second kappa shape index (κ2) is 11.2. The van der Waals surface area contributed by atoms with Crippen LogP contribution in [-0.4, -0.2) is 35.6 Å². The van der Waals surface area contributed by atoms with Crippen LogP contribution >= 0.6 is 0 Å². The van der Waals surface area contributed by atoms with Crippen molar-refractivity contribution in [1.29, 1.82) is 0 Å². The summed E-state index contributed by atoms with van der Waals surface area (Å²) < 4.78 is 6.12. The smallest absolute Gasteiger partial charge is 0.304 e. The van der Waals surface area contributed by atoms with Gasteiger partial charge in [-0.3, -0.25) is 4.79 Å². The van der Waals surface area contributed by atoms with Crippen LogP contribution in [0.5, 0.6) is 5.75 Å². The van der Waals surface area contributed by atoms with E-state index in [0.29, 0.717) is 19.1 Å². The van der Waals surface area contributed by atoms with Crippen LogP contribution in [0.4, 0.5) is 0 Å². The van der Waals surface area contributed by atoms with Crippen molar-refractivity contribution < 1.29 is 14.6 Å². The van der Waals surface area contributed by atoms with E-state index in [1.807, 2.05) is 6.07 Å². The van der Waals surface area contributed by atoms with E-state index < -0.39 is 5.97 Å². The van der Waals surface area contributed by atoms with E-state index in [0.717, 1.165) is 38.1 Å². The maximum atomic E-state index is 10.8. The van der Waals surface area contributed by atoms with Gasteiger partial charge in [0.15, 0.2) is 0 Å². The highest BCUT2D eigenvalue weighted by Gasteiger charge is 2.20. The number of benzene rings is 3. The molecule has 1 heterocycles. The van der Waals surface area contributed by atoms with Crippen molar-refractivity contribution in [3.63, 3.8) is 0 Å². The van der Waals surface area contributed by atoms with Crippen LogP contribution in [0, 0.1) is 0 Å². The first-order valence-electron chi connectivity index (χ1n) is 12.0. The van der Waals surface area contributed by atoms with Crippen LogP contribution < -0.4 is 4.74 Å². The Hall–Kier alpha value is -3.11. The highest BCUT2D eigenvalue weighted by molar-refractivity contribution is 5.68. The van der Waals surface area contributed by atoms with Crippen LogP contribution in [0.15, 0.2) is 72.8 Å². The highest BCUT2D eigenvalue weighted by atomic mass is 16.5. The molecule has 3 aromatic rings. The summed E-state index contributed by atoms with van der Waals surface area (Å²) in [6, 6.07) is 25.7. The predicted molar refractivity (Wildman–Crippen MR) is 133 cm³/mol. The van der Waals surface area contributed by atoms with Crippen molar-refractivity contribution in [3.05, 3.63) is 89.5 Å². The third-order valence-corrected chi connectivity index (χ3v) is 6.63. The minimum atomic E-state index is -0.715. The molecule has 0 radical (unpaired) electrons. The number of aliphatic carboxylic acids is 1. The average molecular weight is 444 g/mol. The van der Waals surface area contributed by atoms with Crippen molar-refractivity contribution in [1.82, 2.24) is 4.90 Å². The molecule has 1 aliphatic rings. The fraction of sp³-hybridized carbons (Fsp3) is 0.345. The van der Waals surface area contributed by atoms with Crippen molar-refractivity contribution in [3.8, 4) is 16.9 Å². The molecule has 4 rings (SSSR count). The van der Waals surface area contributed by atoms with Crippen molar-refractivity contribution >= 4 is 5.97 Å². The summed E-state index contributed by atoms with van der Waals surface area (Å²) >= 11 is 0. The van der Waals surface area contributed by atoms with Crippen LogP contribution in [0.25, 0.3) is 11.1 Å². The first-order chi connectivity index (χ1) is 16.1. The summed E-state index contributed by atoms with van der Waals surface area (Å²) in [5.41, 5.74) is 6.34. The second-order valence-electron chi connectivity index (χ2n) is 8.83. The number of carboxylic acid groups (broad SMARTS) is 1. The Morgan fingerprint density at radius 1 is 1.00 bits per heavy atom. The lowest BCUT2D eigenvalue weighted by molar-refractivity contribution is -0.137. The zero-order valence-electron chi connectivity index (χ0n) is 19.4. The summed E-state index contributed by atoms with van der Waals surface area (Å²) in [7, 11) is 0. The Kier molecular flexibility index (Phi) is 7.79. The topological polar surface area (TPSA) is 49.8 Å². The van der Waals surface area contributed by atoms with Crippen molar-refractivity contribution in [2.45, 2.75) is 45.1 Å². The van der Waals surface area contributed by atoms with E-state index in [2.05, 4.69) is 78.6 Å². The molecule has 1 fully saturated rings. The first kappa shape index (κ1) is 23.1. The summed E-state index contributed by atoms with van der Waals surface area (Å²) in [4.78, 5) is 13.0. The minimum Gasteiger partial charge on any atom is -0.489 e. The average Bonchev–Trinajstić information content (AvgIpc) is 2.87. The van der Waals surface area contributed by atoms with Crippen LogP contribution in [0.2, 0.25) is 0 Å². The molecular weight excluding hydrogens is 410 g/mol. The third kappa shape index (κ3) is 6.23. The fourth-order valence-corrected chi connectivity index (χ4v) is 4.65. The van der Waals surface area contributed by atoms with Gasteiger partial charge in [-0.2, -0.15) is 0 Å². The molecule has 172 valence electrons. The van der Waals surface area contributed by atoms with Gasteiger partial charge in [0.25, 0.3) is 0 Å². The molecule has 0 bridgehead atoms. The summed E-state index contributed by atoms with van der Waals surface area (Å²) in [6.07, 6.45) is 3.37. The first-order valence-corrected chi connectivity index (χ1v) is 12.0. The zero-order valence-corrected chi connectivity index (χ0v) is 19.4. The van der Waals surface area contributed by atoms with Gasteiger partial charge >= 0.3 is 5.97 Å². The SMILES string of the molecule is CCc1cc(OCc2ccc(C3CCN(CCC(=O)O)CC3)cc2)ccc1-c1ccccc1. The van der Waals surface area contributed by atoms with Crippen molar-refractivity contribution in [2.75, 3.05) is 19.6 Å². The van der Waals surface area contributed by atoms with Crippen LogP contribution in [-0.2, 0) is 17.8 Å². The molecule has 0 aromatic heterocycles. The minimum absolute atomic E-state index is 0.230. The molecule has 33 heavy (non-hydrogen) atoms. The molecule has 4 nitrogen and oxygen atoms in total. The molecule has 1 N–H and O–H groups in total. The summed E-state index contributed by atoms with van der Waals surface area (Å²) in [6.45, 7) is 5.34. The number of hydrogen-bond acceptors (Lipinski definition) is 3. The number of nitrogens with zero attached hydrogens (tertiary/aromatic N) is 1. The molecule has 1 aliphatic heterocycles. The molecule has 0 saturated carbocycles. The van der Waals surface area contributed by atoms with Crippen LogP contribution in [0.3, 0.4) is 0 Å². The molecule has 0 spiro atoms. The standard InChI is InChI=1S/C29H33NO3/c1-2-23-20-27(12-13-28(23)26-6-4-3-5-7-26)33-21-22-8-10-24(11-9-22)25-14-17-30(18-15-25)19-16-29(31)32/h3-13,20,25H,2,14-19,21H2,1H3,(H,31,32). The fourth-order valence-electron chi connectivity index (χ4n) is 4.65. The van der Waals surface area contributed by atoms with Gasteiger partial charge in [-0.1, -0.05) is 67.6 Å². The van der Waals surface area contributed by atoms with E-state index >= 15 is 0 Å². The number of carboxylic acids is 1. The Labute approximate surface area is 196 Å². The van der Waals surface area contributed by atoms with Gasteiger partial charge in [0.1, 0.15) is 12.4 Å². The quantitative estimate of drug-likeness (QED) is 0.431. The van der Waals surface area contributed by atoms with E-state index in [4.69, 9.17) is 9.84 Å². The summed E-state index contributed by atoms with van der Waals surface area (Å²) in [5, 5.41) is 8.87. The van der Waals surface area contributed by atoms with Gasteiger partial charge in [0, 0.05) is 6.54 Å². The Morgan fingerprint density at radius 3 is 2.39 bits per heavy atom. The normalized spacial score (nSPS) is 14.8. The van der Waals surface area contributed by atoms with E-state index in [-0.39, 0.29) is 6.42 Å². The van der Waals surface area contributed by atoms with E-state index in [9.17, 15) is 4.79 Å². The molecule has 4 heteroatoms. The lowest BCUT2D eigenvalue weighted by Crippen LogP contribution is -2.34. The predicted octanol–water partition coefficient (Wildman–Crippen LogP) is 6.15. The monoisotopic (exact) mass is 443 g/mol. The van der Waals surface area contributed by atoms with Crippen molar-refractivity contribution in [2.24, 2.45) is 0 Å². The molecule has 1 saturated heterocycles. The van der Waals surface area contributed by atoms with E-state index in [1.165, 1.54) is 27.8 Å². The third-order valence-electron chi connectivity index (χ3n) is 6.63. The molecule has 0 atom stereocenters. The zero-order chi connectivity index (χ0) is 23.0.